The van der Waals surface area contributed by atoms with Crippen molar-refractivity contribution in [3.05, 3.63) is 29.6 Å². The SMILES string of the molecule is Cc1cc(NS(=O)[O-])ccc1F. The number of hydrogen-bond donors (Lipinski definition) is 1. The third-order valence-electron chi connectivity index (χ3n) is 1.36. The Kier molecular flexibility index (Phi) is 2.78. The minimum absolute atomic E-state index is 0.350. The van der Waals surface area contributed by atoms with Gasteiger partial charge in [-0.15, -0.1) is 0 Å². The van der Waals surface area contributed by atoms with Gasteiger partial charge in [-0.05, 0) is 30.7 Å². The minimum atomic E-state index is -2.35. The molecule has 66 valence electrons. The van der Waals surface area contributed by atoms with E-state index in [0.29, 0.717) is 11.3 Å². The molecule has 1 aromatic carbocycles. The molecule has 0 aliphatic carbocycles. The van der Waals surface area contributed by atoms with Crippen molar-refractivity contribution < 1.29 is 13.2 Å². The second kappa shape index (κ2) is 3.64. The molecule has 5 heteroatoms. The summed E-state index contributed by atoms with van der Waals surface area (Å²) in [5, 5.41) is 0. The van der Waals surface area contributed by atoms with Crippen LogP contribution in [-0.4, -0.2) is 8.76 Å². The summed E-state index contributed by atoms with van der Waals surface area (Å²) >= 11 is -2.35. The third-order valence-corrected chi connectivity index (χ3v) is 1.76. The van der Waals surface area contributed by atoms with Crippen molar-refractivity contribution in [3.63, 3.8) is 0 Å². The Morgan fingerprint density at radius 2 is 2.25 bits per heavy atom. The molecule has 0 saturated heterocycles. The zero-order valence-corrected chi connectivity index (χ0v) is 7.15. The predicted molar refractivity (Wildman–Crippen MR) is 43.7 cm³/mol. The first-order valence-corrected chi connectivity index (χ1v) is 4.29. The van der Waals surface area contributed by atoms with E-state index in [-0.39, 0.29) is 5.82 Å². The van der Waals surface area contributed by atoms with E-state index < -0.39 is 11.3 Å². The van der Waals surface area contributed by atoms with Gasteiger partial charge in [0.25, 0.3) is 0 Å². The van der Waals surface area contributed by atoms with E-state index in [9.17, 15) is 13.2 Å². The number of halogens is 1. The molecule has 0 saturated carbocycles. The number of anilines is 1. The molecular weight excluding hydrogens is 181 g/mol. The molecule has 0 radical (unpaired) electrons. The van der Waals surface area contributed by atoms with Crippen LogP contribution in [0.15, 0.2) is 18.2 Å². The van der Waals surface area contributed by atoms with Crippen LogP contribution in [0.2, 0.25) is 0 Å². The van der Waals surface area contributed by atoms with E-state index in [4.69, 9.17) is 0 Å². The second-order valence-corrected chi connectivity index (χ2v) is 2.97. The maximum absolute atomic E-state index is 12.7. The fourth-order valence-corrected chi connectivity index (χ4v) is 1.12. The predicted octanol–water partition coefficient (Wildman–Crippen LogP) is 1.34. The van der Waals surface area contributed by atoms with Crippen molar-refractivity contribution in [3.8, 4) is 0 Å². The zero-order valence-electron chi connectivity index (χ0n) is 6.33. The van der Waals surface area contributed by atoms with Gasteiger partial charge in [0.05, 0.1) is 0 Å². The van der Waals surface area contributed by atoms with Gasteiger partial charge in [-0.1, -0.05) is 0 Å². The summed E-state index contributed by atoms with van der Waals surface area (Å²) in [5.74, 6) is -0.350. The molecular formula is C7H7FNO2S-. The summed E-state index contributed by atoms with van der Waals surface area (Å²) < 4.78 is 35.1. The van der Waals surface area contributed by atoms with E-state index >= 15 is 0 Å². The van der Waals surface area contributed by atoms with Gasteiger partial charge in [0.2, 0.25) is 0 Å². The van der Waals surface area contributed by atoms with Crippen LogP contribution in [0.5, 0.6) is 0 Å². The molecule has 0 heterocycles. The Balaban J connectivity index is 2.89. The molecule has 0 aliphatic rings. The van der Waals surface area contributed by atoms with Gasteiger partial charge in [-0.25, -0.2) is 4.39 Å². The summed E-state index contributed by atoms with van der Waals surface area (Å²) in [7, 11) is 0. The molecule has 1 N–H and O–H groups in total. The lowest BCUT2D eigenvalue weighted by atomic mass is 10.2. The average molecular weight is 188 g/mol. The van der Waals surface area contributed by atoms with E-state index in [0.717, 1.165) is 0 Å². The van der Waals surface area contributed by atoms with Crippen LogP contribution in [0.3, 0.4) is 0 Å². The Bertz CT molecular complexity index is 316. The topological polar surface area (TPSA) is 52.2 Å². The molecule has 3 nitrogen and oxygen atoms in total. The highest BCUT2D eigenvalue weighted by atomic mass is 32.2. The van der Waals surface area contributed by atoms with E-state index in [1.54, 1.807) is 6.92 Å². The Labute approximate surface area is 72.0 Å². The molecule has 0 fully saturated rings. The van der Waals surface area contributed by atoms with Gasteiger partial charge in [-0.2, -0.15) is 0 Å². The van der Waals surface area contributed by atoms with Crippen molar-refractivity contribution in [2.75, 3.05) is 4.72 Å². The monoisotopic (exact) mass is 188 g/mol. The number of benzene rings is 1. The first kappa shape index (κ1) is 9.15. The standard InChI is InChI=1S/C7H8FNO2S/c1-5-4-6(9-12(10)11)2-3-7(5)8/h2-4,9H,1H3,(H,10,11)/p-1. The summed E-state index contributed by atoms with van der Waals surface area (Å²) in [6.45, 7) is 1.56. The van der Waals surface area contributed by atoms with Crippen LogP contribution in [0.1, 0.15) is 5.56 Å². The molecule has 1 atom stereocenters. The van der Waals surface area contributed by atoms with Crippen molar-refractivity contribution in [1.82, 2.24) is 0 Å². The van der Waals surface area contributed by atoms with Gasteiger partial charge < -0.3 is 9.27 Å². The van der Waals surface area contributed by atoms with Gasteiger partial charge in [0.15, 0.2) is 0 Å². The highest BCUT2D eigenvalue weighted by molar-refractivity contribution is 7.80. The normalized spacial score (nSPS) is 12.6. The number of aryl methyl sites for hydroxylation is 1. The van der Waals surface area contributed by atoms with Crippen LogP contribution in [-0.2, 0) is 11.3 Å². The molecule has 0 aromatic heterocycles. The fraction of sp³-hybridized carbons (Fsp3) is 0.143. The number of hydrogen-bond acceptors (Lipinski definition) is 2. The van der Waals surface area contributed by atoms with Gasteiger partial charge in [0.1, 0.15) is 5.82 Å². The van der Waals surface area contributed by atoms with Crippen LogP contribution < -0.4 is 4.72 Å². The van der Waals surface area contributed by atoms with Crippen molar-refractivity contribution in [2.45, 2.75) is 6.92 Å². The van der Waals surface area contributed by atoms with Crippen LogP contribution >= 0.6 is 0 Å². The van der Waals surface area contributed by atoms with Gasteiger partial charge >= 0.3 is 0 Å². The maximum Gasteiger partial charge on any atom is 0.126 e. The lowest BCUT2D eigenvalue weighted by Crippen LogP contribution is -2.02. The molecule has 1 unspecified atom stereocenters. The molecule has 0 spiro atoms. The van der Waals surface area contributed by atoms with E-state index in [1.807, 2.05) is 0 Å². The summed E-state index contributed by atoms with van der Waals surface area (Å²) in [5.41, 5.74) is 0.771. The lowest BCUT2D eigenvalue weighted by molar-refractivity contribution is 0.542. The molecule has 12 heavy (non-hydrogen) atoms. The quantitative estimate of drug-likeness (QED) is 0.712. The number of rotatable bonds is 2. The third kappa shape index (κ3) is 2.28. The first-order valence-electron chi connectivity index (χ1n) is 3.21. The van der Waals surface area contributed by atoms with Crippen LogP contribution in [0, 0.1) is 12.7 Å². The second-order valence-electron chi connectivity index (χ2n) is 2.30. The van der Waals surface area contributed by atoms with E-state index in [2.05, 4.69) is 4.72 Å². The highest BCUT2D eigenvalue weighted by Crippen LogP contribution is 2.13. The average Bonchev–Trinajstić information content (AvgIpc) is 1.96. The molecule has 1 rings (SSSR count). The zero-order chi connectivity index (χ0) is 9.14. The van der Waals surface area contributed by atoms with Crippen LogP contribution in [0.4, 0.5) is 10.1 Å². The fourth-order valence-electron chi connectivity index (χ4n) is 0.804. The molecule has 0 bridgehead atoms. The first-order chi connectivity index (χ1) is 5.59. The molecule has 0 amide bonds. The summed E-state index contributed by atoms with van der Waals surface area (Å²) in [6, 6.07) is 3.99. The van der Waals surface area contributed by atoms with Gasteiger partial charge in [0, 0.05) is 17.0 Å². The summed E-state index contributed by atoms with van der Waals surface area (Å²) in [6.07, 6.45) is 0. The largest absolute Gasteiger partial charge is 0.755 e. The minimum Gasteiger partial charge on any atom is -0.755 e. The van der Waals surface area contributed by atoms with Crippen molar-refractivity contribution in [1.29, 1.82) is 0 Å². The maximum atomic E-state index is 12.7. The van der Waals surface area contributed by atoms with Crippen LogP contribution in [0.25, 0.3) is 0 Å². The smallest absolute Gasteiger partial charge is 0.126 e. The van der Waals surface area contributed by atoms with Crippen molar-refractivity contribution in [2.24, 2.45) is 0 Å². The lowest BCUT2D eigenvalue weighted by Gasteiger charge is -2.08. The molecule has 1 aromatic rings. The van der Waals surface area contributed by atoms with Gasteiger partial charge in [-0.3, -0.25) is 4.21 Å². The highest BCUT2D eigenvalue weighted by Gasteiger charge is 1.97. The molecule has 0 aliphatic heterocycles. The Hall–Kier alpha value is -0.940. The van der Waals surface area contributed by atoms with E-state index in [1.165, 1.54) is 18.2 Å². The Morgan fingerprint density at radius 3 is 2.75 bits per heavy atom. The summed E-state index contributed by atoms with van der Waals surface area (Å²) in [4.78, 5) is 0. The number of nitrogens with one attached hydrogen (secondary N) is 1. The van der Waals surface area contributed by atoms with Crippen molar-refractivity contribution >= 4 is 17.0 Å². The Morgan fingerprint density at radius 1 is 1.58 bits per heavy atom.